The summed E-state index contributed by atoms with van der Waals surface area (Å²) in [7, 11) is 1.69. The lowest BCUT2D eigenvalue weighted by Crippen LogP contribution is -2.38. The monoisotopic (exact) mass is 535 g/mol. The third-order valence-electron chi connectivity index (χ3n) is 9.75. The normalized spacial score (nSPS) is 29.5. The molecule has 0 bridgehead atoms. The Morgan fingerprint density at radius 3 is 2.56 bits per heavy atom. The van der Waals surface area contributed by atoms with Gasteiger partial charge in [-0.3, -0.25) is 4.79 Å². The smallest absolute Gasteiger partial charge is 0.248 e. The summed E-state index contributed by atoms with van der Waals surface area (Å²) in [5.74, 6) is 3.09. The summed E-state index contributed by atoms with van der Waals surface area (Å²) in [6.45, 7) is 5.36. The van der Waals surface area contributed by atoms with Crippen LogP contribution in [0.3, 0.4) is 0 Å². The Morgan fingerprint density at radius 1 is 1.05 bits per heavy atom. The minimum absolute atomic E-state index is 0.0261. The first-order valence-corrected chi connectivity index (χ1v) is 14.8. The Labute approximate surface area is 233 Å². The highest BCUT2D eigenvalue weighted by atomic mass is 16.5. The second-order valence-corrected chi connectivity index (χ2v) is 12.3. The summed E-state index contributed by atoms with van der Waals surface area (Å²) in [5.41, 5.74) is 1.63. The standard InChI is InChI=1S/C33H45NO5/c1-23(35)33(2)22-34(32(36)21-38-20-24-9-5-4-6-10-24)19-29(33)27-14-16-30(37-3)31(18-27)39-28-15-13-25-11-7-8-12-26(25)17-28/h4-6,9-10,14,16,18,23,25-26,28-29,35H,7-8,11-13,15,17,19-22H2,1-3H3/t23-,25?,26?,28?,29?,33?/m0/s1. The molecule has 3 aliphatic rings. The first-order chi connectivity index (χ1) is 18.9. The maximum Gasteiger partial charge on any atom is 0.248 e. The van der Waals surface area contributed by atoms with Gasteiger partial charge in [-0.15, -0.1) is 0 Å². The van der Waals surface area contributed by atoms with E-state index in [1.807, 2.05) is 48.2 Å². The fourth-order valence-electron chi connectivity index (χ4n) is 7.16. The lowest BCUT2D eigenvalue weighted by molar-refractivity contribution is -0.136. The van der Waals surface area contributed by atoms with Crippen LogP contribution >= 0.6 is 0 Å². The van der Waals surface area contributed by atoms with Gasteiger partial charge in [0.2, 0.25) is 5.91 Å². The summed E-state index contributed by atoms with van der Waals surface area (Å²) in [6.07, 6.45) is 8.52. The van der Waals surface area contributed by atoms with Crippen LogP contribution in [0.5, 0.6) is 11.5 Å². The number of nitrogens with zero attached hydrogens (tertiary/aromatic N) is 1. The van der Waals surface area contributed by atoms with Crippen LogP contribution in [-0.4, -0.2) is 54.9 Å². The molecule has 5 unspecified atom stereocenters. The van der Waals surface area contributed by atoms with Gasteiger partial charge >= 0.3 is 0 Å². The molecule has 0 aromatic heterocycles. The molecule has 1 N–H and O–H groups in total. The molecule has 1 amide bonds. The number of hydrogen-bond acceptors (Lipinski definition) is 5. The third kappa shape index (κ3) is 6.28. The maximum absolute atomic E-state index is 13.1. The number of carbonyl (C=O) groups is 1. The molecule has 212 valence electrons. The third-order valence-corrected chi connectivity index (χ3v) is 9.75. The molecular weight excluding hydrogens is 490 g/mol. The molecule has 6 heteroatoms. The van der Waals surface area contributed by atoms with Gasteiger partial charge in [0.25, 0.3) is 0 Å². The number of hydrogen-bond donors (Lipinski definition) is 1. The van der Waals surface area contributed by atoms with E-state index in [4.69, 9.17) is 14.2 Å². The molecule has 2 saturated carbocycles. The highest BCUT2D eigenvalue weighted by molar-refractivity contribution is 5.78. The SMILES string of the molecule is COc1ccc(C2CN(C(=O)COCc3ccccc3)CC2(C)[C@H](C)O)cc1OC1CCC2CCCCC2C1. The minimum Gasteiger partial charge on any atom is -0.493 e. The Balaban J connectivity index is 1.28. The van der Waals surface area contributed by atoms with E-state index in [1.165, 1.54) is 32.1 Å². The van der Waals surface area contributed by atoms with Gasteiger partial charge in [0.05, 0.1) is 25.9 Å². The summed E-state index contributed by atoms with van der Waals surface area (Å²) >= 11 is 0. The highest BCUT2D eigenvalue weighted by Crippen LogP contribution is 2.48. The second kappa shape index (κ2) is 12.3. The van der Waals surface area contributed by atoms with Crippen molar-refractivity contribution in [1.82, 2.24) is 4.90 Å². The fourth-order valence-corrected chi connectivity index (χ4v) is 7.16. The number of aliphatic hydroxyl groups is 1. The molecule has 2 aromatic carbocycles. The van der Waals surface area contributed by atoms with Gasteiger partial charge in [-0.2, -0.15) is 0 Å². The van der Waals surface area contributed by atoms with E-state index >= 15 is 0 Å². The molecule has 1 heterocycles. The van der Waals surface area contributed by atoms with E-state index in [2.05, 4.69) is 19.1 Å². The van der Waals surface area contributed by atoms with Crippen molar-refractivity contribution in [1.29, 1.82) is 0 Å². The number of benzene rings is 2. The highest BCUT2D eigenvalue weighted by Gasteiger charge is 2.48. The van der Waals surface area contributed by atoms with Gasteiger partial charge in [-0.1, -0.05) is 69.0 Å². The van der Waals surface area contributed by atoms with Crippen LogP contribution in [0.25, 0.3) is 0 Å². The average Bonchev–Trinajstić information content (AvgIpc) is 3.32. The lowest BCUT2D eigenvalue weighted by Gasteiger charge is -2.39. The molecule has 39 heavy (non-hydrogen) atoms. The Hall–Kier alpha value is -2.57. The molecule has 6 nitrogen and oxygen atoms in total. The zero-order chi connectivity index (χ0) is 27.4. The van der Waals surface area contributed by atoms with Crippen LogP contribution in [0.2, 0.25) is 0 Å². The van der Waals surface area contributed by atoms with Gasteiger partial charge in [-0.25, -0.2) is 0 Å². The van der Waals surface area contributed by atoms with Gasteiger partial charge in [0.1, 0.15) is 6.61 Å². The van der Waals surface area contributed by atoms with Crippen LogP contribution in [-0.2, 0) is 16.1 Å². The van der Waals surface area contributed by atoms with Crippen LogP contribution < -0.4 is 9.47 Å². The average molecular weight is 536 g/mol. The number of likely N-dealkylation sites (tertiary alicyclic amines) is 1. The van der Waals surface area contributed by atoms with Crippen LogP contribution in [0.1, 0.15) is 75.8 Å². The molecule has 2 aromatic rings. The topological polar surface area (TPSA) is 68.2 Å². The predicted molar refractivity (Wildman–Crippen MR) is 152 cm³/mol. The second-order valence-electron chi connectivity index (χ2n) is 12.3. The van der Waals surface area contributed by atoms with Crippen molar-refractivity contribution in [3.63, 3.8) is 0 Å². The number of rotatable bonds is 9. The van der Waals surface area contributed by atoms with Crippen molar-refractivity contribution >= 4 is 5.91 Å². The molecule has 0 spiro atoms. The number of methoxy groups -OCH3 is 1. The van der Waals surface area contributed by atoms with Gasteiger partial charge in [0.15, 0.2) is 11.5 Å². The summed E-state index contributed by atoms with van der Waals surface area (Å²) in [4.78, 5) is 15.0. The molecule has 1 aliphatic heterocycles. The van der Waals surface area contributed by atoms with Crippen molar-refractivity contribution in [3.8, 4) is 11.5 Å². The van der Waals surface area contributed by atoms with E-state index in [1.54, 1.807) is 7.11 Å². The van der Waals surface area contributed by atoms with Crippen LogP contribution in [0.4, 0.5) is 0 Å². The first kappa shape index (κ1) is 28.0. The van der Waals surface area contributed by atoms with E-state index < -0.39 is 11.5 Å². The van der Waals surface area contributed by atoms with Crippen molar-refractivity contribution in [2.45, 2.75) is 83.5 Å². The Kier molecular flexibility index (Phi) is 8.82. The molecule has 0 radical (unpaired) electrons. The summed E-state index contributed by atoms with van der Waals surface area (Å²) in [5, 5.41) is 10.9. The quantitative estimate of drug-likeness (QED) is 0.429. The van der Waals surface area contributed by atoms with Crippen molar-refractivity contribution in [2.75, 3.05) is 26.8 Å². The molecule has 1 saturated heterocycles. The van der Waals surface area contributed by atoms with Crippen LogP contribution in [0, 0.1) is 17.3 Å². The number of fused-ring (bicyclic) bond motifs is 1. The zero-order valence-corrected chi connectivity index (χ0v) is 23.8. The summed E-state index contributed by atoms with van der Waals surface area (Å²) < 4.78 is 18.1. The van der Waals surface area contributed by atoms with E-state index in [-0.39, 0.29) is 24.5 Å². The maximum atomic E-state index is 13.1. The van der Waals surface area contributed by atoms with Gasteiger partial charge < -0.3 is 24.2 Å². The molecule has 3 fully saturated rings. The van der Waals surface area contributed by atoms with Gasteiger partial charge in [-0.05, 0) is 61.3 Å². The van der Waals surface area contributed by atoms with Crippen molar-refractivity contribution < 1.29 is 24.1 Å². The Bertz CT molecular complexity index is 1100. The van der Waals surface area contributed by atoms with Crippen molar-refractivity contribution in [2.24, 2.45) is 17.3 Å². The minimum atomic E-state index is -0.585. The first-order valence-electron chi connectivity index (χ1n) is 14.8. The van der Waals surface area contributed by atoms with E-state index in [0.717, 1.165) is 47.3 Å². The lowest BCUT2D eigenvalue weighted by atomic mass is 9.70. The predicted octanol–water partition coefficient (Wildman–Crippen LogP) is 5.96. The zero-order valence-electron chi connectivity index (χ0n) is 23.8. The summed E-state index contributed by atoms with van der Waals surface area (Å²) in [6, 6.07) is 16.0. The van der Waals surface area contributed by atoms with Crippen molar-refractivity contribution in [3.05, 3.63) is 59.7 Å². The molecule has 6 atom stereocenters. The number of carbonyl (C=O) groups excluding carboxylic acids is 1. The van der Waals surface area contributed by atoms with Gasteiger partial charge in [0, 0.05) is 24.4 Å². The number of ether oxygens (including phenoxy) is 3. The van der Waals surface area contributed by atoms with E-state index in [0.29, 0.717) is 19.7 Å². The molecule has 5 rings (SSSR count). The fraction of sp³-hybridized carbons (Fsp3) is 0.606. The molecule has 2 aliphatic carbocycles. The Morgan fingerprint density at radius 2 is 1.82 bits per heavy atom. The largest absolute Gasteiger partial charge is 0.493 e. The number of aliphatic hydroxyl groups excluding tert-OH is 1. The van der Waals surface area contributed by atoms with E-state index in [9.17, 15) is 9.90 Å². The number of amides is 1. The van der Waals surface area contributed by atoms with Crippen LogP contribution in [0.15, 0.2) is 48.5 Å². The molecular formula is C33H45NO5.